The number of anilines is 1. The number of rotatable bonds is 2. The average molecular weight is 308 g/mol. The summed E-state index contributed by atoms with van der Waals surface area (Å²) in [4.78, 5) is 16.5. The van der Waals surface area contributed by atoms with Crippen LogP contribution in [0.3, 0.4) is 0 Å². The third-order valence-electron chi connectivity index (χ3n) is 5.18. The Bertz CT molecular complexity index is 675. The normalized spacial score (nSPS) is 18.7. The van der Waals surface area contributed by atoms with E-state index >= 15 is 0 Å². The third kappa shape index (κ3) is 2.94. The second kappa shape index (κ2) is 6.26. The van der Waals surface area contributed by atoms with Crippen molar-refractivity contribution in [1.29, 1.82) is 0 Å². The molecule has 4 heteroatoms. The number of aromatic nitrogens is 3. The van der Waals surface area contributed by atoms with E-state index in [1.54, 1.807) is 0 Å². The van der Waals surface area contributed by atoms with Gasteiger partial charge in [-0.05, 0) is 56.6 Å². The zero-order chi connectivity index (χ0) is 15.6. The Morgan fingerprint density at radius 2 is 1.74 bits per heavy atom. The van der Waals surface area contributed by atoms with Crippen molar-refractivity contribution < 1.29 is 0 Å². The highest BCUT2D eigenvalue weighted by molar-refractivity contribution is 5.60. The van der Waals surface area contributed by atoms with E-state index in [2.05, 4.69) is 16.8 Å². The molecule has 120 valence electrons. The summed E-state index contributed by atoms with van der Waals surface area (Å²) in [5.41, 5.74) is 3.75. The summed E-state index contributed by atoms with van der Waals surface area (Å²) >= 11 is 0. The van der Waals surface area contributed by atoms with E-state index in [4.69, 9.17) is 9.97 Å². The van der Waals surface area contributed by atoms with Gasteiger partial charge in [-0.1, -0.05) is 6.92 Å². The van der Waals surface area contributed by atoms with Crippen LogP contribution in [-0.2, 0) is 12.8 Å². The van der Waals surface area contributed by atoms with Crippen LogP contribution in [0.15, 0.2) is 24.5 Å². The molecule has 2 aromatic heterocycles. The van der Waals surface area contributed by atoms with E-state index in [1.165, 1.54) is 42.8 Å². The molecule has 0 radical (unpaired) electrons. The molecule has 0 bridgehead atoms. The summed E-state index contributed by atoms with van der Waals surface area (Å²) in [6.45, 7) is 4.61. The maximum absolute atomic E-state index is 4.99. The fraction of sp³-hybridized carbons (Fsp3) is 0.526. The molecule has 0 unspecified atom stereocenters. The molecular formula is C19H24N4. The van der Waals surface area contributed by atoms with Crippen LogP contribution in [0.25, 0.3) is 11.4 Å². The number of hydrogen-bond donors (Lipinski definition) is 0. The molecule has 0 amide bonds. The lowest BCUT2D eigenvalue weighted by molar-refractivity contribution is 0.435. The van der Waals surface area contributed by atoms with Crippen molar-refractivity contribution in [3.8, 4) is 11.4 Å². The molecule has 2 aromatic rings. The van der Waals surface area contributed by atoms with Crippen molar-refractivity contribution in [2.75, 3.05) is 18.0 Å². The van der Waals surface area contributed by atoms with Crippen molar-refractivity contribution in [3.63, 3.8) is 0 Å². The number of fused-ring (bicyclic) bond motifs is 1. The van der Waals surface area contributed by atoms with Gasteiger partial charge in [0.05, 0.1) is 0 Å². The van der Waals surface area contributed by atoms with Gasteiger partial charge in [0.2, 0.25) is 0 Å². The number of pyridine rings is 1. The Labute approximate surface area is 138 Å². The van der Waals surface area contributed by atoms with Gasteiger partial charge in [-0.15, -0.1) is 0 Å². The van der Waals surface area contributed by atoms with Crippen LogP contribution in [0, 0.1) is 5.92 Å². The first-order valence-electron chi connectivity index (χ1n) is 8.86. The first-order chi connectivity index (χ1) is 11.3. The second-order valence-corrected chi connectivity index (χ2v) is 6.91. The van der Waals surface area contributed by atoms with E-state index in [1.807, 2.05) is 24.5 Å². The Kier molecular flexibility index (Phi) is 3.98. The molecule has 1 fully saturated rings. The lowest BCUT2D eigenvalue weighted by atomic mass is 9.94. The van der Waals surface area contributed by atoms with Gasteiger partial charge in [-0.2, -0.15) is 0 Å². The van der Waals surface area contributed by atoms with E-state index < -0.39 is 0 Å². The Balaban J connectivity index is 1.77. The molecule has 2 aliphatic rings. The van der Waals surface area contributed by atoms with Gasteiger partial charge < -0.3 is 4.90 Å². The summed E-state index contributed by atoms with van der Waals surface area (Å²) in [7, 11) is 0. The zero-order valence-electron chi connectivity index (χ0n) is 13.8. The summed E-state index contributed by atoms with van der Waals surface area (Å²) in [6, 6.07) is 4.01. The van der Waals surface area contributed by atoms with Crippen LogP contribution in [0.4, 0.5) is 5.82 Å². The molecule has 0 N–H and O–H groups in total. The number of hydrogen-bond acceptors (Lipinski definition) is 4. The maximum atomic E-state index is 4.99. The summed E-state index contributed by atoms with van der Waals surface area (Å²) in [6.07, 6.45) is 10.9. The average Bonchev–Trinajstić information content (AvgIpc) is 2.62. The largest absolute Gasteiger partial charge is 0.356 e. The fourth-order valence-corrected chi connectivity index (χ4v) is 3.69. The Morgan fingerprint density at radius 1 is 1.00 bits per heavy atom. The SMILES string of the molecule is CC1CCN(c2nc(-c3ccncc3)nc3c2CCCC3)CC1. The minimum absolute atomic E-state index is 0.837. The Morgan fingerprint density at radius 3 is 2.52 bits per heavy atom. The second-order valence-electron chi connectivity index (χ2n) is 6.91. The summed E-state index contributed by atoms with van der Waals surface area (Å²) in [5, 5.41) is 0. The zero-order valence-corrected chi connectivity index (χ0v) is 13.8. The third-order valence-corrected chi connectivity index (χ3v) is 5.18. The number of aryl methyl sites for hydroxylation is 1. The predicted octanol–water partition coefficient (Wildman–Crippen LogP) is 3.65. The van der Waals surface area contributed by atoms with Crippen LogP contribution in [0.2, 0.25) is 0 Å². The van der Waals surface area contributed by atoms with Crippen molar-refractivity contribution in [3.05, 3.63) is 35.8 Å². The van der Waals surface area contributed by atoms with Crippen LogP contribution >= 0.6 is 0 Å². The molecule has 1 saturated heterocycles. The van der Waals surface area contributed by atoms with Crippen LogP contribution in [-0.4, -0.2) is 28.0 Å². The van der Waals surface area contributed by atoms with Crippen LogP contribution in [0.5, 0.6) is 0 Å². The van der Waals surface area contributed by atoms with E-state index in [0.29, 0.717) is 0 Å². The van der Waals surface area contributed by atoms with Crippen molar-refractivity contribution >= 4 is 5.82 Å². The molecule has 3 heterocycles. The lowest BCUT2D eigenvalue weighted by Gasteiger charge is -2.34. The van der Waals surface area contributed by atoms with Crippen molar-refractivity contribution in [2.24, 2.45) is 5.92 Å². The van der Waals surface area contributed by atoms with Gasteiger partial charge in [0.15, 0.2) is 5.82 Å². The summed E-state index contributed by atoms with van der Waals surface area (Å²) in [5.74, 6) is 2.90. The maximum Gasteiger partial charge on any atom is 0.161 e. The minimum Gasteiger partial charge on any atom is -0.356 e. The predicted molar refractivity (Wildman–Crippen MR) is 92.5 cm³/mol. The fourth-order valence-electron chi connectivity index (χ4n) is 3.69. The van der Waals surface area contributed by atoms with Crippen LogP contribution < -0.4 is 4.90 Å². The van der Waals surface area contributed by atoms with Crippen molar-refractivity contribution in [2.45, 2.75) is 45.4 Å². The first kappa shape index (κ1) is 14.6. The van der Waals surface area contributed by atoms with E-state index in [0.717, 1.165) is 43.2 Å². The quantitative estimate of drug-likeness (QED) is 0.849. The molecular weight excluding hydrogens is 284 g/mol. The van der Waals surface area contributed by atoms with Gasteiger partial charge >= 0.3 is 0 Å². The monoisotopic (exact) mass is 308 g/mol. The van der Waals surface area contributed by atoms with Crippen LogP contribution in [0.1, 0.15) is 43.9 Å². The highest BCUT2D eigenvalue weighted by Crippen LogP contribution is 2.32. The Hall–Kier alpha value is -1.97. The molecule has 4 nitrogen and oxygen atoms in total. The minimum atomic E-state index is 0.837. The molecule has 0 atom stereocenters. The number of nitrogens with zero attached hydrogens (tertiary/aromatic N) is 4. The highest BCUT2D eigenvalue weighted by atomic mass is 15.2. The van der Waals surface area contributed by atoms with Gasteiger partial charge in [0, 0.05) is 42.3 Å². The first-order valence-corrected chi connectivity index (χ1v) is 8.86. The molecule has 1 aliphatic carbocycles. The van der Waals surface area contributed by atoms with Gasteiger partial charge in [0.1, 0.15) is 5.82 Å². The summed E-state index contributed by atoms with van der Waals surface area (Å²) < 4.78 is 0. The lowest BCUT2D eigenvalue weighted by Crippen LogP contribution is -2.35. The molecule has 0 aromatic carbocycles. The highest BCUT2D eigenvalue weighted by Gasteiger charge is 2.24. The number of piperidine rings is 1. The van der Waals surface area contributed by atoms with E-state index in [-0.39, 0.29) is 0 Å². The van der Waals surface area contributed by atoms with Gasteiger partial charge in [-0.25, -0.2) is 9.97 Å². The molecule has 23 heavy (non-hydrogen) atoms. The molecule has 0 saturated carbocycles. The van der Waals surface area contributed by atoms with Crippen molar-refractivity contribution in [1.82, 2.24) is 15.0 Å². The standard InChI is InChI=1S/C19H24N4/c1-14-8-12-23(13-9-14)19-16-4-2-3-5-17(16)21-18(22-19)15-6-10-20-11-7-15/h6-7,10-11,14H,2-5,8-9,12-13H2,1H3. The topological polar surface area (TPSA) is 41.9 Å². The van der Waals surface area contributed by atoms with Gasteiger partial charge in [0.25, 0.3) is 0 Å². The van der Waals surface area contributed by atoms with E-state index in [9.17, 15) is 0 Å². The molecule has 1 aliphatic heterocycles. The van der Waals surface area contributed by atoms with Gasteiger partial charge in [-0.3, -0.25) is 4.98 Å². The molecule has 0 spiro atoms. The smallest absolute Gasteiger partial charge is 0.161 e. The molecule has 4 rings (SSSR count).